The van der Waals surface area contributed by atoms with Gasteiger partial charge < -0.3 is 5.32 Å². The van der Waals surface area contributed by atoms with Crippen LogP contribution < -0.4 is 5.32 Å². The lowest BCUT2D eigenvalue weighted by molar-refractivity contribution is 0.602. The highest BCUT2D eigenvalue weighted by Crippen LogP contribution is 2.23. The number of benzene rings is 1. The van der Waals surface area contributed by atoms with Gasteiger partial charge in [-0.2, -0.15) is 5.26 Å². The lowest BCUT2D eigenvalue weighted by atomic mass is 10.1. The van der Waals surface area contributed by atoms with E-state index in [0.717, 1.165) is 0 Å². The van der Waals surface area contributed by atoms with Crippen molar-refractivity contribution < 1.29 is 8.42 Å². The maximum atomic E-state index is 11.3. The van der Waals surface area contributed by atoms with Crippen LogP contribution in [0, 0.1) is 11.3 Å². The third-order valence-corrected chi connectivity index (χ3v) is 4.70. The first-order valence-corrected chi connectivity index (χ1v) is 7.37. The molecule has 0 aliphatic carbocycles. The summed E-state index contributed by atoms with van der Waals surface area (Å²) in [5.41, 5.74) is 1.07. The summed E-state index contributed by atoms with van der Waals surface area (Å²) >= 11 is 5.85. The minimum Gasteiger partial charge on any atom is -0.380 e. The Morgan fingerprint density at radius 1 is 1.47 bits per heavy atom. The average Bonchev–Trinajstić information content (AvgIpc) is 2.58. The van der Waals surface area contributed by atoms with Crippen molar-refractivity contribution in [2.75, 3.05) is 16.8 Å². The molecule has 2 rings (SSSR count). The van der Waals surface area contributed by atoms with Crippen LogP contribution in [-0.2, 0) is 9.84 Å². The van der Waals surface area contributed by atoms with Gasteiger partial charge in [0.2, 0.25) is 0 Å². The highest BCUT2D eigenvalue weighted by molar-refractivity contribution is 7.91. The smallest absolute Gasteiger partial charge is 0.152 e. The summed E-state index contributed by atoms with van der Waals surface area (Å²) in [6, 6.07) is 6.81. The maximum absolute atomic E-state index is 11.3. The highest BCUT2D eigenvalue weighted by atomic mass is 35.5. The third kappa shape index (κ3) is 2.90. The molecular weight excluding hydrogens is 260 g/mol. The monoisotopic (exact) mass is 270 g/mol. The Kier molecular flexibility index (Phi) is 3.27. The lowest BCUT2D eigenvalue weighted by Crippen LogP contribution is -2.21. The van der Waals surface area contributed by atoms with Gasteiger partial charge in [-0.1, -0.05) is 11.6 Å². The van der Waals surface area contributed by atoms with Gasteiger partial charge in [0.15, 0.2) is 9.84 Å². The van der Waals surface area contributed by atoms with Crippen molar-refractivity contribution in [2.24, 2.45) is 0 Å². The predicted octanol–water partition coefficient (Wildman–Crippen LogP) is 1.81. The minimum atomic E-state index is -2.92. The van der Waals surface area contributed by atoms with E-state index in [4.69, 9.17) is 16.9 Å². The molecule has 1 heterocycles. The second kappa shape index (κ2) is 4.55. The molecule has 17 heavy (non-hydrogen) atoms. The molecule has 0 saturated carbocycles. The van der Waals surface area contributed by atoms with Gasteiger partial charge in [-0.05, 0) is 24.6 Å². The van der Waals surface area contributed by atoms with E-state index in [1.54, 1.807) is 18.2 Å². The van der Waals surface area contributed by atoms with E-state index in [1.807, 2.05) is 6.07 Å². The molecule has 1 N–H and O–H groups in total. The first-order chi connectivity index (χ1) is 8.00. The zero-order valence-electron chi connectivity index (χ0n) is 8.98. The normalized spacial score (nSPS) is 22.0. The molecule has 1 aliphatic rings. The fourth-order valence-corrected chi connectivity index (χ4v) is 3.71. The van der Waals surface area contributed by atoms with E-state index < -0.39 is 9.84 Å². The van der Waals surface area contributed by atoms with Crippen LogP contribution in [0.2, 0.25) is 5.02 Å². The Balaban J connectivity index is 2.20. The molecule has 1 unspecified atom stereocenters. The number of nitriles is 1. The Labute approximate surface area is 105 Å². The highest BCUT2D eigenvalue weighted by Gasteiger charge is 2.28. The van der Waals surface area contributed by atoms with Gasteiger partial charge in [0.1, 0.15) is 6.07 Å². The zero-order chi connectivity index (χ0) is 12.5. The van der Waals surface area contributed by atoms with Crippen LogP contribution >= 0.6 is 11.6 Å². The summed E-state index contributed by atoms with van der Waals surface area (Å²) in [4.78, 5) is 0. The summed E-state index contributed by atoms with van der Waals surface area (Å²) in [5, 5.41) is 12.5. The maximum Gasteiger partial charge on any atom is 0.152 e. The molecule has 0 bridgehead atoms. The van der Waals surface area contributed by atoms with Gasteiger partial charge in [-0.3, -0.25) is 0 Å². The molecule has 1 fully saturated rings. The summed E-state index contributed by atoms with van der Waals surface area (Å²) in [6.45, 7) is 0. The predicted molar refractivity (Wildman–Crippen MR) is 66.8 cm³/mol. The molecular formula is C11H11ClN2O2S. The van der Waals surface area contributed by atoms with Crippen molar-refractivity contribution in [3.8, 4) is 6.07 Å². The Bertz CT molecular complexity index is 578. The van der Waals surface area contributed by atoms with E-state index in [2.05, 4.69) is 5.32 Å². The van der Waals surface area contributed by atoms with Crippen LogP contribution in [0.4, 0.5) is 5.69 Å². The van der Waals surface area contributed by atoms with E-state index in [-0.39, 0.29) is 17.5 Å². The van der Waals surface area contributed by atoms with Gasteiger partial charge in [-0.25, -0.2) is 8.42 Å². The Morgan fingerprint density at radius 3 is 2.82 bits per heavy atom. The molecule has 1 aromatic rings. The van der Waals surface area contributed by atoms with Crippen molar-refractivity contribution in [2.45, 2.75) is 12.5 Å². The zero-order valence-corrected chi connectivity index (χ0v) is 10.6. The molecule has 1 saturated heterocycles. The first kappa shape index (κ1) is 12.2. The molecule has 0 aromatic heterocycles. The second-order valence-corrected chi connectivity index (χ2v) is 6.71. The molecule has 90 valence electrons. The Morgan fingerprint density at radius 2 is 2.24 bits per heavy atom. The van der Waals surface area contributed by atoms with Gasteiger partial charge in [0, 0.05) is 11.1 Å². The standard InChI is InChI=1S/C11H11ClN2O2S/c12-9-2-1-8(6-13)11(5-9)14-10-3-4-17(15,16)7-10/h1-2,5,10,14H,3-4,7H2. The van der Waals surface area contributed by atoms with Crippen LogP contribution in [-0.4, -0.2) is 26.0 Å². The topological polar surface area (TPSA) is 70.0 Å². The summed E-state index contributed by atoms with van der Waals surface area (Å²) < 4.78 is 22.6. The third-order valence-electron chi connectivity index (χ3n) is 2.69. The molecule has 1 atom stereocenters. The summed E-state index contributed by atoms with van der Waals surface area (Å²) in [6.07, 6.45) is 0.569. The van der Waals surface area contributed by atoms with Gasteiger partial charge in [0.25, 0.3) is 0 Å². The largest absolute Gasteiger partial charge is 0.380 e. The summed E-state index contributed by atoms with van der Waals surface area (Å²) in [5.74, 6) is 0.317. The fraction of sp³-hybridized carbons (Fsp3) is 0.364. The van der Waals surface area contributed by atoms with E-state index >= 15 is 0 Å². The average molecular weight is 271 g/mol. The van der Waals surface area contributed by atoms with Crippen LogP contribution in [0.1, 0.15) is 12.0 Å². The van der Waals surface area contributed by atoms with E-state index in [1.165, 1.54) is 0 Å². The molecule has 1 aliphatic heterocycles. The summed E-state index contributed by atoms with van der Waals surface area (Å²) in [7, 11) is -2.92. The number of hydrogen-bond donors (Lipinski definition) is 1. The van der Waals surface area contributed by atoms with Crippen LogP contribution in [0.25, 0.3) is 0 Å². The molecule has 0 radical (unpaired) electrons. The number of halogens is 1. The van der Waals surface area contributed by atoms with Crippen molar-refractivity contribution in [3.05, 3.63) is 28.8 Å². The van der Waals surface area contributed by atoms with Gasteiger partial charge >= 0.3 is 0 Å². The van der Waals surface area contributed by atoms with Crippen LogP contribution in [0.5, 0.6) is 0 Å². The van der Waals surface area contributed by atoms with Crippen molar-refractivity contribution >= 4 is 27.1 Å². The quantitative estimate of drug-likeness (QED) is 0.890. The van der Waals surface area contributed by atoms with Gasteiger partial charge in [0.05, 0.1) is 22.8 Å². The van der Waals surface area contributed by atoms with Crippen LogP contribution in [0.15, 0.2) is 18.2 Å². The van der Waals surface area contributed by atoms with Crippen molar-refractivity contribution in [3.63, 3.8) is 0 Å². The number of hydrogen-bond acceptors (Lipinski definition) is 4. The molecule has 1 aromatic carbocycles. The molecule has 0 amide bonds. The minimum absolute atomic E-state index is 0.115. The van der Waals surface area contributed by atoms with Gasteiger partial charge in [-0.15, -0.1) is 0 Å². The van der Waals surface area contributed by atoms with E-state index in [0.29, 0.717) is 22.7 Å². The van der Waals surface area contributed by atoms with E-state index in [9.17, 15) is 8.42 Å². The number of anilines is 1. The Hall–Kier alpha value is -1.25. The lowest BCUT2D eigenvalue weighted by Gasteiger charge is -2.13. The van der Waals surface area contributed by atoms with Crippen molar-refractivity contribution in [1.29, 1.82) is 5.26 Å². The molecule has 0 spiro atoms. The number of nitrogens with one attached hydrogen (secondary N) is 1. The fourth-order valence-electron chi connectivity index (χ4n) is 1.86. The van der Waals surface area contributed by atoms with Crippen LogP contribution in [0.3, 0.4) is 0 Å². The molecule has 6 heteroatoms. The molecule has 4 nitrogen and oxygen atoms in total. The number of nitrogens with zero attached hydrogens (tertiary/aromatic N) is 1. The second-order valence-electron chi connectivity index (χ2n) is 4.05. The first-order valence-electron chi connectivity index (χ1n) is 5.17. The number of sulfone groups is 1. The van der Waals surface area contributed by atoms with Crippen molar-refractivity contribution in [1.82, 2.24) is 0 Å². The number of rotatable bonds is 2. The SMILES string of the molecule is N#Cc1ccc(Cl)cc1NC1CCS(=O)(=O)C1.